The Kier molecular flexibility index (Phi) is 10.3. The van der Waals surface area contributed by atoms with Crippen LogP contribution < -0.4 is 0 Å². The van der Waals surface area contributed by atoms with Crippen LogP contribution in [0.5, 0.6) is 0 Å². The standard InChI is InChI=1S/C16H28/c1-5-7-8-9-13-16(11-6-2)14-10-12-15(3)4/h6,10,15H,2,5,7-9,11-13H2,1,3-4H3. The highest BCUT2D eigenvalue weighted by Gasteiger charge is 1.94. The molecule has 0 aliphatic carbocycles. The highest BCUT2D eigenvalue weighted by Crippen LogP contribution is 2.13. The van der Waals surface area contributed by atoms with E-state index in [0.29, 0.717) is 0 Å². The molecule has 92 valence electrons. The van der Waals surface area contributed by atoms with Gasteiger partial charge in [-0.25, -0.2) is 0 Å². The fourth-order valence-corrected chi connectivity index (χ4v) is 1.61. The minimum atomic E-state index is 0.734. The molecule has 0 saturated carbocycles. The van der Waals surface area contributed by atoms with Gasteiger partial charge in [0.1, 0.15) is 0 Å². The van der Waals surface area contributed by atoms with Crippen molar-refractivity contribution in [3.63, 3.8) is 0 Å². The van der Waals surface area contributed by atoms with Crippen LogP contribution in [0, 0.1) is 5.92 Å². The van der Waals surface area contributed by atoms with Crippen molar-refractivity contribution in [3.05, 3.63) is 30.0 Å². The van der Waals surface area contributed by atoms with Gasteiger partial charge in [-0.05, 0) is 43.3 Å². The summed E-state index contributed by atoms with van der Waals surface area (Å²) in [7, 11) is 0. The molecule has 0 aromatic heterocycles. The lowest BCUT2D eigenvalue weighted by Gasteiger charge is -2.02. The van der Waals surface area contributed by atoms with Crippen LogP contribution in [0.2, 0.25) is 0 Å². The molecule has 0 fully saturated rings. The summed E-state index contributed by atoms with van der Waals surface area (Å²) < 4.78 is 0. The predicted molar refractivity (Wildman–Crippen MR) is 74.6 cm³/mol. The molecule has 0 spiro atoms. The number of hydrogen-bond donors (Lipinski definition) is 0. The van der Waals surface area contributed by atoms with Crippen molar-refractivity contribution < 1.29 is 0 Å². The summed E-state index contributed by atoms with van der Waals surface area (Å²) >= 11 is 0. The quantitative estimate of drug-likeness (QED) is 0.267. The molecule has 0 amide bonds. The summed E-state index contributed by atoms with van der Waals surface area (Å²) in [6.45, 7) is 10.6. The molecule has 0 nitrogen and oxygen atoms in total. The zero-order chi connectivity index (χ0) is 12.2. The van der Waals surface area contributed by atoms with Crippen LogP contribution in [-0.2, 0) is 0 Å². The highest BCUT2D eigenvalue weighted by atomic mass is 14.0. The normalized spacial score (nSPS) is 10.0. The third-order valence-corrected chi connectivity index (χ3v) is 2.62. The van der Waals surface area contributed by atoms with E-state index in [0.717, 1.165) is 18.8 Å². The molecule has 0 unspecified atom stereocenters. The molecular formula is C16H28. The van der Waals surface area contributed by atoms with Crippen molar-refractivity contribution >= 4 is 0 Å². The van der Waals surface area contributed by atoms with E-state index in [4.69, 9.17) is 0 Å². The van der Waals surface area contributed by atoms with Gasteiger partial charge in [0.15, 0.2) is 0 Å². The maximum atomic E-state index is 3.81. The smallest absolute Gasteiger partial charge is 0.00653 e. The van der Waals surface area contributed by atoms with Gasteiger partial charge in [-0.2, -0.15) is 0 Å². The van der Waals surface area contributed by atoms with Crippen molar-refractivity contribution in [1.29, 1.82) is 0 Å². The Labute approximate surface area is 102 Å². The molecule has 0 aromatic carbocycles. The van der Waals surface area contributed by atoms with Gasteiger partial charge in [0.05, 0.1) is 0 Å². The second-order valence-electron chi connectivity index (χ2n) is 4.89. The lowest BCUT2D eigenvalue weighted by Crippen LogP contribution is -1.84. The third kappa shape index (κ3) is 9.80. The summed E-state index contributed by atoms with van der Waals surface area (Å²) in [5.74, 6) is 0.734. The molecule has 0 rings (SSSR count). The lowest BCUT2D eigenvalue weighted by atomic mass is 10.0. The number of unbranched alkanes of at least 4 members (excludes halogenated alkanes) is 3. The van der Waals surface area contributed by atoms with E-state index >= 15 is 0 Å². The van der Waals surface area contributed by atoms with Crippen molar-refractivity contribution in [2.24, 2.45) is 5.92 Å². The van der Waals surface area contributed by atoms with Gasteiger partial charge < -0.3 is 0 Å². The summed E-state index contributed by atoms with van der Waals surface area (Å²) in [5, 5.41) is 0. The first-order valence-electron chi connectivity index (χ1n) is 6.74. The first-order chi connectivity index (χ1) is 7.70. The first-order valence-corrected chi connectivity index (χ1v) is 6.74. The van der Waals surface area contributed by atoms with Gasteiger partial charge in [-0.3, -0.25) is 0 Å². The van der Waals surface area contributed by atoms with Gasteiger partial charge in [0, 0.05) is 0 Å². The molecule has 0 aromatic rings. The summed E-state index contributed by atoms with van der Waals surface area (Å²) in [6, 6.07) is 0. The number of rotatable bonds is 9. The average Bonchev–Trinajstić information content (AvgIpc) is 2.23. The van der Waals surface area contributed by atoms with Crippen LogP contribution in [0.3, 0.4) is 0 Å². The van der Waals surface area contributed by atoms with Crippen LogP contribution in [0.1, 0.15) is 65.7 Å². The Morgan fingerprint density at radius 2 is 2.00 bits per heavy atom. The second kappa shape index (κ2) is 10.8. The predicted octanol–water partition coefficient (Wildman–Crippen LogP) is 5.66. The largest absolute Gasteiger partial charge is 0.126 e. The lowest BCUT2D eigenvalue weighted by molar-refractivity contribution is 0.657. The molecule has 0 aliphatic rings. The zero-order valence-corrected chi connectivity index (χ0v) is 11.4. The maximum absolute atomic E-state index is 3.81. The highest BCUT2D eigenvalue weighted by molar-refractivity contribution is 5.06. The Morgan fingerprint density at radius 3 is 2.56 bits per heavy atom. The Bertz CT molecular complexity index is 226. The molecule has 0 saturated heterocycles. The monoisotopic (exact) mass is 220 g/mol. The molecule has 0 heteroatoms. The van der Waals surface area contributed by atoms with E-state index in [1.807, 2.05) is 6.08 Å². The van der Waals surface area contributed by atoms with Crippen LogP contribution in [-0.4, -0.2) is 0 Å². The van der Waals surface area contributed by atoms with Crippen LogP contribution in [0.4, 0.5) is 0 Å². The van der Waals surface area contributed by atoms with Crippen LogP contribution in [0.25, 0.3) is 0 Å². The van der Waals surface area contributed by atoms with E-state index in [9.17, 15) is 0 Å². The van der Waals surface area contributed by atoms with E-state index in [1.165, 1.54) is 37.7 Å². The van der Waals surface area contributed by atoms with Gasteiger partial charge in [0.2, 0.25) is 0 Å². The Morgan fingerprint density at radius 1 is 1.25 bits per heavy atom. The molecule has 0 aliphatic heterocycles. The van der Waals surface area contributed by atoms with E-state index in [-0.39, 0.29) is 0 Å². The molecule has 0 heterocycles. The number of allylic oxidation sites excluding steroid dienone is 2. The second-order valence-corrected chi connectivity index (χ2v) is 4.89. The number of hydrogen-bond acceptors (Lipinski definition) is 0. The SMILES string of the molecule is C=CCC(=C=CCC(C)C)CCCCCC. The minimum Gasteiger partial charge on any atom is -0.126 e. The van der Waals surface area contributed by atoms with Crippen molar-refractivity contribution in [2.45, 2.75) is 65.7 Å². The van der Waals surface area contributed by atoms with E-state index in [2.05, 4.69) is 39.2 Å². The zero-order valence-electron chi connectivity index (χ0n) is 11.4. The summed E-state index contributed by atoms with van der Waals surface area (Å²) in [5.41, 5.74) is 4.87. The summed E-state index contributed by atoms with van der Waals surface area (Å²) in [4.78, 5) is 0. The fraction of sp³-hybridized carbons (Fsp3) is 0.688. The fourth-order valence-electron chi connectivity index (χ4n) is 1.61. The molecule has 0 radical (unpaired) electrons. The van der Waals surface area contributed by atoms with E-state index in [1.54, 1.807) is 0 Å². The topological polar surface area (TPSA) is 0 Å². The minimum absolute atomic E-state index is 0.734. The Hall–Kier alpha value is -0.740. The van der Waals surface area contributed by atoms with E-state index < -0.39 is 0 Å². The molecule has 16 heavy (non-hydrogen) atoms. The average molecular weight is 220 g/mol. The van der Waals surface area contributed by atoms with Gasteiger partial charge in [0.25, 0.3) is 0 Å². The third-order valence-electron chi connectivity index (χ3n) is 2.62. The summed E-state index contributed by atoms with van der Waals surface area (Å²) in [6.07, 6.45) is 12.8. The van der Waals surface area contributed by atoms with Gasteiger partial charge >= 0.3 is 0 Å². The molecule has 0 atom stereocenters. The van der Waals surface area contributed by atoms with Crippen molar-refractivity contribution in [2.75, 3.05) is 0 Å². The molecular weight excluding hydrogens is 192 g/mol. The van der Waals surface area contributed by atoms with Crippen molar-refractivity contribution in [3.8, 4) is 0 Å². The van der Waals surface area contributed by atoms with Crippen LogP contribution in [0.15, 0.2) is 30.0 Å². The Balaban J connectivity index is 4.04. The molecule has 0 N–H and O–H groups in total. The maximum Gasteiger partial charge on any atom is -0.00653 e. The first kappa shape index (κ1) is 15.3. The van der Waals surface area contributed by atoms with Gasteiger partial charge in [-0.1, -0.05) is 46.1 Å². The van der Waals surface area contributed by atoms with Gasteiger partial charge in [-0.15, -0.1) is 12.3 Å². The molecule has 0 bridgehead atoms. The van der Waals surface area contributed by atoms with Crippen LogP contribution >= 0.6 is 0 Å². The van der Waals surface area contributed by atoms with Crippen molar-refractivity contribution in [1.82, 2.24) is 0 Å².